The lowest BCUT2D eigenvalue weighted by Crippen LogP contribution is -2.64. The van der Waals surface area contributed by atoms with Crippen molar-refractivity contribution in [2.45, 2.75) is 79.8 Å². The van der Waals surface area contributed by atoms with Crippen LogP contribution in [0.4, 0.5) is 5.69 Å². The highest BCUT2D eigenvalue weighted by Crippen LogP contribution is 2.35. The lowest BCUT2D eigenvalue weighted by molar-refractivity contribution is -0.126. The number of amides is 2. The van der Waals surface area contributed by atoms with Crippen molar-refractivity contribution in [1.29, 1.82) is 0 Å². The molecule has 2 aromatic rings. The molecule has 1 aliphatic rings. The van der Waals surface area contributed by atoms with Gasteiger partial charge in [0.25, 0.3) is 5.91 Å². The maximum atomic E-state index is 13.6. The van der Waals surface area contributed by atoms with Gasteiger partial charge in [0.05, 0.1) is 12.2 Å². The SMILES string of the molecule is CCOC.CCc1cc2n(n1)CC(C)(C(=O)NCCC(C)CC)N(c1cc(C)ccc1C)C2=O. The summed E-state index contributed by atoms with van der Waals surface area (Å²) >= 11 is 0. The second-order valence-electron chi connectivity index (χ2n) is 9.37. The number of nitrogens with one attached hydrogen (secondary N) is 1. The second-order valence-corrected chi connectivity index (χ2v) is 9.37. The summed E-state index contributed by atoms with van der Waals surface area (Å²) in [7, 11) is 1.68. The molecule has 3 rings (SSSR count). The first-order valence-corrected chi connectivity index (χ1v) is 12.4. The normalized spacial score (nSPS) is 18.1. The van der Waals surface area contributed by atoms with Crippen LogP contribution in [0.15, 0.2) is 24.3 Å². The summed E-state index contributed by atoms with van der Waals surface area (Å²) in [5.41, 5.74) is 3.14. The highest BCUT2D eigenvalue weighted by Gasteiger charge is 2.49. The van der Waals surface area contributed by atoms with Crippen LogP contribution in [0.2, 0.25) is 0 Å². The summed E-state index contributed by atoms with van der Waals surface area (Å²) in [4.78, 5) is 28.8. The third kappa shape index (κ3) is 6.06. The van der Waals surface area contributed by atoms with Crippen LogP contribution in [0.25, 0.3) is 0 Å². The molecule has 0 aliphatic carbocycles. The van der Waals surface area contributed by atoms with Gasteiger partial charge in [-0.15, -0.1) is 0 Å². The van der Waals surface area contributed by atoms with E-state index in [9.17, 15) is 9.59 Å². The molecule has 0 radical (unpaired) electrons. The van der Waals surface area contributed by atoms with Crippen molar-refractivity contribution in [3.05, 3.63) is 46.8 Å². The number of hydrogen-bond donors (Lipinski definition) is 1. The molecule has 0 fully saturated rings. The number of nitrogens with zero attached hydrogens (tertiary/aromatic N) is 3. The third-order valence-electron chi connectivity index (χ3n) is 6.57. The summed E-state index contributed by atoms with van der Waals surface area (Å²) < 4.78 is 6.25. The number of fused-ring (bicyclic) bond motifs is 1. The number of benzene rings is 1. The first-order chi connectivity index (χ1) is 16.1. The Hall–Kier alpha value is -2.67. The largest absolute Gasteiger partial charge is 0.385 e. The van der Waals surface area contributed by atoms with Crippen LogP contribution in [0.3, 0.4) is 0 Å². The summed E-state index contributed by atoms with van der Waals surface area (Å²) in [5, 5.41) is 7.67. The third-order valence-corrected chi connectivity index (χ3v) is 6.57. The fourth-order valence-corrected chi connectivity index (χ4v) is 3.97. The molecular formula is C27H42N4O3. The van der Waals surface area contributed by atoms with E-state index >= 15 is 0 Å². The van der Waals surface area contributed by atoms with Gasteiger partial charge in [-0.2, -0.15) is 5.10 Å². The van der Waals surface area contributed by atoms with E-state index in [0.717, 1.165) is 48.4 Å². The van der Waals surface area contributed by atoms with Crippen LogP contribution in [-0.2, 0) is 22.5 Å². The molecular weight excluding hydrogens is 428 g/mol. The summed E-state index contributed by atoms with van der Waals surface area (Å²) in [6, 6.07) is 7.87. The van der Waals surface area contributed by atoms with Crippen molar-refractivity contribution in [1.82, 2.24) is 15.1 Å². The van der Waals surface area contributed by atoms with Gasteiger partial charge in [0, 0.05) is 25.9 Å². The Morgan fingerprint density at radius 2 is 1.91 bits per heavy atom. The molecule has 2 amide bonds. The number of aryl methyl sites for hydroxylation is 3. The minimum atomic E-state index is -1.06. The van der Waals surface area contributed by atoms with E-state index in [1.54, 1.807) is 16.7 Å². The summed E-state index contributed by atoms with van der Waals surface area (Å²) in [6.07, 6.45) is 2.74. The number of rotatable bonds is 8. The standard InChI is InChI=1S/C24H34N4O2.C3H8O/c1-7-16(3)11-12-25-23(30)24(6)15-27-21(14-19(8-2)26-27)22(29)28(24)20-13-17(4)9-10-18(20)5;1-3-4-2/h9-10,13-14,16H,7-8,11-12,15H2,1-6H3,(H,25,30);3H2,1-2H3. The van der Waals surface area contributed by atoms with E-state index < -0.39 is 5.54 Å². The Labute approximate surface area is 204 Å². The predicted molar refractivity (Wildman–Crippen MR) is 137 cm³/mol. The predicted octanol–water partition coefficient (Wildman–Crippen LogP) is 4.69. The first kappa shape index (κ1) is 27.6. The van der Waals surface area contributed by atoms with E-state index in [4.69, 9.17) is 0 Å². The van der Waals surface area contributed by atoms with E-state index in [1.807, 2.05) is 58.9 Å². The van der Waals surface area contributed by atoms with Gasteiger partial charge in [0.2, 0.25) is 5.91 Å². The molecule has 1 aromatic carbocycles. The highest BCUT2D eigenvalue weighted by molar-refractivity contribution is 6.12. The second kappa shape index (κ2) is 12.2. The van der Waals surface area contributed by atoms with Gasteiger partial charge in [-0.05, 0) is 69.7 Å². The topological polar surface area (TPSA) is 76.5 Å². The quantitative estimate of drug-likeness (QED) is 0.607. The molecule has 7 heteroatoms. The zero-order chi connectivity index (χ0) is 25.5. The molecule has 34 heavy (non-hydrogen) atoms. The van der Waals surface area contributed by atoms with Crippen LogP contribution in [0.5, 0.6) is 0 Å². The fraction of sp³-hybridized carbons (Fsp3) is 0.593. The number of carbonyl (C=O) groups excluding carboxylic acids is 2. The zero-order valence-electron chi connectivity index (χ0n) is 22.2. The lowest BCUT2D eigenvalue weighted by atomic mass is 9.92. The lowest BCUT2D eigenvalue weighted by Gasteiger charge is -2.43. The van der Waals surface area contributed by atoms with Crippen molar-refractivity contribution >= 4 is 17.5 Å². The maximum Gasteiger partial charge on any atom is 0.277 e. The monoisotopic (exact) mass is 470 g/mol. The van der Waals surface area contributed by atoms with Crippen LogP contribution < -0.4 is 10.2 Å². The van der Waals surface area contributed by atoms with Crippen molar-refractivity contribution in [3.63, 3.8) is 0 Å². The first-order valence-electron chi connectivity index (χ1n) is 12.4. The molecule has 7 nitrogen and oxygen atoms in total. The Morgan fingerprint density at radius 3 is 2.50 bits per heavy atom. The van der Waals surface area contributed by atoms with E-state index in [2.05, 4.69) is 29.0 Å². The number of hydrogen-bond acceptors (Lipinski definition) is 4. The van der Waals surface area contributed by atoms with E-state index in [-0.39, 0.29) is 11.8 Å². The van der Waals surface area contributed by atoms with Crippen LogP contribution in [0, 0.1) is 19.8 Å². The highest BCUT2D eigenvalue weighted by atomic mass is 16.5. The molecule has 1 aromatic heterocycles. The number of aromatic nitrogens is 2. The molecule has 1 N–H and O–H groups in total. The van der Waals surface area contributed by atoms with Gasteiger partial charge in [-0.1, -0.05) is 39.3 Å². The molecule has 0 saturated carbocycles. The van der Waals surface area contributed by atoms with Gasteiger partial charge in [0.15, 0.2) is 0 Å². The Morgan fingerprint density at radius 1 is 1.24 bits per heavy atom. The fourth-order valence-electron chi connectivity index (χ4n) is 3.97. The Kier molecular flexibility index (Phi) is 9.86. The van der Waals surface area contributed by atoms with Gasteiger partial charge in [-0.25, -0.2) is 0 Å². The maximum absolute atomic E-state index is 13.6. The van der Waals surface area contributed by atoms with Crippen molar-refractivity contribution in [2.24, 2.45) is 5.92 Å². The van der Waals surface area contributed by atoms with Crippen molar-refractivity contribution in [2.75, 3.05) is 25.2 Å². The average Bonchev–Trinajstić information content (AvgIpc) is 3.24. The molecule has 2 unspecified atom stereocenters. The number of anilines is 1. The Balaban J connectivity index is 0.000000945. The van der Waals surface area contributed by atoms with Gasteiger partial charge in [0.1, 0.15) is 11.2 Å². The van der Waals surface area contributed by atoms with E-state index in [0.29, 0.717) is 24.7 Å². The minimum absolute atomic E-state index is 0.140. The van der Waals surface area contributed by atoms with Gasteiger partial charge >= 0.3 is 0 Å². The zero-order valence-corrected chi connectivity index (χ0v) is 22.2. The molecule has 2 atom stereocenters. The number of carbonyl (C=O) groups is 2. The summed E-state index contributed by atoms with van der Waals surface area (Å²) in [5.74, 6) is 0.229. The molecule has 1 aliphatic heterocycles. The Bertz CT molecular complexity index is 982. The van der Waals surface area contributed by atoms with Crippen molar-refractivity contribution in [3.8, 4) is 0 Å². The molecule has 0 bridgehead atoms. The molecule has 0 saturated heterocycles. The smallest absolute Gasteiger partial charge is 0.277 e. The molecule has 2 heterocycles. The minimum Gasteiger partial charge on any atom is -0.385 e. The van der Waals surface area contributed by atoms with E-state index in [1.165, 1.54) is 0 Å². The average molecular weight is 471 g/mol. The number of methoxy groups -OCH3 is 1. The van der Waals surface area contributed by atoms with Crippen molar-refractivity contribution < 1.29 is 14.3 Å². The van der Waals surface area contributed by atoms with Gasteiger partial charge in [-0.3, -0.25) is 19.2 Å². The van der Waals surface area contributed by atoms with Gasteiger partial charge < -0.3 is 10.1 Å². The molecule has 188 valence electrons. The number of ether oxygens (including phenoxy) is 1. The summed E-state index contributed by atoms with van der Waals surface area (Å²) in [6.45, 7) is 15.9. The molecule has 0 spiro atoms. The van der Waals surface area contributed by atoms with Crippen LogP contribution in [-0.4, -0.2) is 47.4 Å². The van der Waals surface area contributed by atoms with Crippen LogP contribution in [0.1, 0.15) is 74.8 Å². The van der Waals surface area contributed by atoms with Crippen LogP contribution >= 0.6 is 0 Å².